The summed E-state index contributed by atoms with van der Waals surface area (Å²) in [5, 5.41) is 4.29. The Balaban J connectivity index is 1.58. The van der Waals surface area contributed by atoms with Crippen LogP contribution in [0.15, 0.2) is 53.9 Å². The molecule has 0 aliphatic carbocycles. The van der Waals surface area contributed by atoms with Gasteiger partial charge in [0.25, 0.3) is 0 Å². The van der Waals surface area contributed by atoms with E-state index in [4.69, 9.17) is 0 Å². The summed E-state index contributed by atoms with van der Waals surface area (Å²) < 4.78 is 26.7. The summed E-state index contributed by atoms with van der Waals surface area (Å²) in [5.74, 6) is -0.0762. The first kappa shape index (κ1) is 22.2. The molecule has 1 aliphatic heterocycles. The molecule has 1 fully saturated rings. The number of anilines is 1. The number of hydrogen-bond donors (Lipinski definition) is 1. The van der Waals surface area contributed by atoms with Gasteiger partial charge in [0.2, 0.25) is 15.9 Å². The number of benzene rings is 2. The van der Waals surface area contributed by atoms with Crippen molar-refractivity contribution in [3.63, 3.8) is 0 Å². The van der Waals surface area contributed by atoms with Gasteiger partial charge in [-0.25, -0.2) is 8.42 Å². The van der Waals surface area contributed by atoms with Gasteiger partial charge in [-0.1, -0.05) is 48.5 Å². The van der Waals surface area contributed by atoms with Crippen LogP contribution in [0.2, 0.25) is 0 Å². The lowest BCUT2D eigenvalue weighted by molar-refractivity contribution is -0.121. The smallest absolute Gasteiger partial charge is 0.241 e. The van der Waals surface area contributed by atoms with Gasteiger partial charge in [0.05, 0.1) is 6.04 Å². The zero-order valence-electron chi connectivity index (χ0n) is 17.7. The Morgan fingerprint density at radius 3 is 2.17 bits per heavy atom. The van der Waals surface area contributed by atoms with Crippen molar-refractivity contribution in [2.75, 3.05) is 31.5 Å². The number of carbonyl (C=O) groups excluding carboxylic acids is 1. The molecule has 160 valence electrons. The van der Waals surface area contributed by atoms with Crippen LogP contribution in [0, 0.1) is 13.8 Å². The minimum atomic E-state index is -3.49. The average Bonchev–Trinajstić information content (AvgIpc) is 2.75. The van der Waals surface area contributed by atoms with Crippen LogP contribution in [0.5, 0.6) is 0 Å². The number of para-hydroxylation sites is 1. The summed E-state index contributed by atoms with van der Waals surface area (Å²) in [6.45, 7) is 7.56. The number of nitrogens with one attached hydrogen (secondary N) is 1. The molecule has 7 heteroatoms. The number of hydrogen-bond acceptors (Lipinski definition) is 4. The summed E-state index contributed by atoms with van der Waals surface area (Å²) in [7, 11) is -3.49. The predicted octanol–water partition coefficient (Wildman–Crippen LogP) is 3.25. The third kappa shape index (κ3) is 5.36. The van der Waals surface area contributed by atoms with Crippen LogP contribution in [-0.2, 0) is 14.8 Å². The van der Waals surface area contributed by atoms with Gasteiger partial charge in [0.1, 0.15) is 0 Å². The van der Waals surface area contributed by atoms with Crippen LogP contribution < -0.4 is 5.32 Å². The molecule has 2 aromatic rings. The Kier molecular flexibility index (Phi) is 7.07. The summed E-state index contributed by atoms with van der Waals surface area (Å²) in [4.78, 5) is 14.8. The number of nitrogens with zero attached hydrogens (tertiary/aromatic N) is 2. The van der Waals surface area contributed by atoms with Crippen molar-refractivity contribution in [1.82, 2.24) is 9.21 Å². The van der Waals surface area contributed by atoms with Gasteiger partial charge in [-0.15, -0.1) is 0 Å². The van der Waals surface area contributed by atoms with Crippen LogP contribution in [-0.4, -0.2) is 55.8 Å². The second kappa shape index (κ2) is 9.55. The van der Waals surface area contributed by atoms with Gasteiger partial charge >= 0.3 is 0 Å². The molecule has 0 saturated carbocycles. The highest BCUT2D eigenvalue weighted by Gasteiger charge is 2.30. The van der Waals surface area contributed by atoms with Crippen LogP contribution in [0.4, 0.5) is 5.69 Å². The second-order valence-electron chi connectivity index (χ2n) is 7.63. The lowest BCUT2D eigenvalue weighted by Crippen LogP contribution is -2.53. The van der Waals surface area contributed by atoms with Crippen LogP contribution in [0.3, 0.4) is 0 Å². The Morgan fingerprint density at radius 2 is 1.57 bits per heavy atom. The maximum absolute atomic E-state index is 12.8. The van der Waals surface area contributed by atoms with Crippen molar-refractivity contribution in [3.05, 3.63) is 70.6 Å². The lowest BCUT2D eigenvalue weighted by atomic mass is 10.1. The Morgan fingerprint density at radius 1 is 0.967 bits per heavy atom. The predicted molar refractivity (Wildman–Crippen MR) is 122 cm³/mol. The normalized spacial score (nSPS) is 17.2. The molecule has 1 heterocycles. The van der Waals surface area contributed by atoms with E-state index < -0.39 is 10.0 Å². The molecule has 0 radical (unpaired) electrons. The second-order valence-corrected chi connectivity index (χ2v) is 9.44. The SMILES string of the molecule is Cc1cccc(C)c1NC(=O)C(C)N1CCN(S(=O)(=O)/C=C/c2ccccc2)CC1. The quantitative estimate of drug-likeness (QED) is 0.768. The van der Waals surface area contributed by atoms with E-state index in [0.29, 0.717) is 26.2 Å². The van der Waals surface area contributed by atoms with Crippen molar-refractivity contribution >= 4 is 27.7 Å². The molecule has 0 aromatic heterocycles. The van der Waals surface area contributed by atoms with Gasteiger partial charge in [0, 0.05) is 37.3 Å². The minimum absolute atomic E-state index is 0.0762. The van der Waals surface area contributed by atoms with Gasteiger partial charge in [0.15, 0.2) is 0 Å². The molecule has 0 bridgehead atoms. The molecule has 6 nitrogen and oxygen atoms in total. The van der Waals surface area contributed by atoms with Gasteiger partial charge in [-0.05, 0) is 43.5 Å². The number of rotatable bonds is 6. The highest BCUT2D eigenvalue weighted by Crippen LogP contribution is 2.20. The van der Waals surface area contributed by atoms with Gasteiger partial charge in [-0.3, -0.25) is 9.69 Å². The van der Waals surface area contributed by atoms with E-state index in [0.717, 1.165) is 22.4 Å². The van der Waals surface area contributed by atoms with E-state index in [-0.39, 0.29) is 11.9 Å². The molecule has 1 amide bonds. The molecule has 1 unspecified atom stereocenters. The summed E-state index contributed by atoms with van der Waals surface area (Å²) >= 11 is 0. The monoisotopic (exact) mass is 427 g/mol. The van der Waals surface area contributed by atoms with Crippen molar-refractivity contribution in [1.29, 1.82) is 0 Å². The fourth-order valence-corrected chi connectivity index (χ4v) is 4.74. The molecule has 2 aromatic carbocycles. The van der Waals surface area contributed by atoms with Crippen molar-refractivity contribution < 1.29 is 13.2 Å². The molecule has 1 atom stereocenters. The van der Waals surface area contributed by atoms with Crippen molar-refractivity contribution in [3.8, 4) is 0 Å². The third-order valence-corrected chi connectivity index (χ3v) is 7.09. The summed E-state index contributed by atoms with van der Waals surface area (Å²) in [6, 6.07) is 14.9. The third-order valence-electron chi connectivity index (χ3n) is 5.52. The first-order chi connectivity index (χ1) is 14.3. The number of amides is 1. The lowest BCUT2D eigenvalue weighted by Gasteiger charge is -2.36. The summed E-state index contributed by atoms with van der Waals surface area (Å²) in [6.07, 6.45) is 1.61. The van der Waals surface area contributed by atoms with E-state index in [2.05, 4.69) is 5.32 Å². The highest BCUT2D eigenvalue weighted by molar-refractivity contribution is 7.92. The zero-order chi connectivity index (χ0) is 21.7. The number of piperazine rings is 1. The molecular weight excluding hydrogens is 398 g/mol. The number of aryl methyl sites for hydroxylation is 2. The molecule has 0 spiro atoms. The maximum atomic E-state index is 12.8. The van der Waals surface area contributed by atoms with Crippen molar-refractivity contribution in [2.24, 2.45) is 0 Å². The first-order valence-corrected chi connectivity index (χ1v) is 11.6. The van der Waals surface area contributed by atoms with Crippen LogP contribution in [0.25, 0.3) is 6.08 Å². The van der Waals surface area contributed by atoms with Gasteiger partial charge < -0.3 is 5.32 Å². The van der Waals surface area contributed by atoms with Crippen LogP contribution >= 0.6 is 0 Å². The Hall–Kier alpha value is -2.48. The Labute approximate surface area is 179 Å². The van der Waals surface area contributed by atoms with E-state index in [1.54, 1.807) is 6.08 Å². The van der Waals surface area contributed by atoms with E-state index in [1.807, 2.05) is 74.2 Å². The molecular formula is C23H29N3O3S. The van der Waals surface area contributed by atoms with Crippen LogP contribution in [0.1, 0.15) is 23.6 Å². The van der Waals surface area contributed by atoms with E-state index in [9.17, 15) is 13.2 Å². The molecule has 1 saturated heterocycles. The highest BCUT2D eigenvalue weighted by atomic mass is 32.2. The topological polar surface area (TPSA) is 69.7 Å². The number of carbonyl (C=O) groups is 1. The fraction of sp³-hybridized carbons (Fsp3) is 0.348. The minimum Gasteiger partial charge on any atom is -0.324 e. The first-order valence-electron chi connectivity index (χ1n) is 10.1. The van der Waals surface area contributed by atoms with E-state index >= 15 is 0 Å². The molecule has 1 aliphatic rings. The molecule has 3 rings (SSSR count). The summed E-state index contributed by atoms with van der Waals surface area (Å²) in [5.41, 5.74) is 3.74. The molecule has 30 heavy (non-hydrogen) atoms. The largest absolute Gasteiger partial charge is 0.324 e. The fourth-order valence-electron chi connectivity index (χ4n) is 3.57. The average molecular weight is 428 g/mol. The van der Waals surface area contributed by atoms with Crippen molar-refractivity contribution in [2.45, 2.75) is 26.8 Å². The number of sulfonamides is 1. The zero-order valence-corrected chi connectivity index (χ0v) is 18.5. The Bertz CT molecular complexity index is 991. The maximum Gasteiger partial charge on any atom is 0.241 e. The van der Waals surface area contributed by atoms with Gasteiger partial charge in [-0.2, -0.15) is 4.31 Å². The van der Waals surface area contributed by atoms with E-state index in [1.165, 1.54) is 9.71 Å². The standard InChI is InChI=1S/C23H29N3O3S/c1-18-8-7-9-19(2)22(18)24-23(27)20(3)25-13-15-26(16-14-25)30(28,29)17-12-21-10-5-4-6-11-21/h4-12,17,20H,13-16H2,1-3H3,(H,24,27)/b17-12+. The molecule has 1 N–H and O–H groups in total.